The van der Waals surface area contributed by atoms with Crippen LogP contribution in [0.15, 0.2) is 66.7 Å². The van der Waals surface area contributed by atoms with E-state index in [0.29, 0.717) is 33.4 Å². The maximum atomic E-state index is 14.0. The molecule has 1 N–H and O–H groups in total. The molecule has 10 heteroatoms. The third-order valence-electron chi connectivity index (χ3n) is 6.27. The Hall–Kier alpha value is -3.07. The van der Waals surface area contributed by atoms with Crippen LogP contribution >= 0.6 is 23.2 Å². The number of carbonyl (C=O) groups excluding carboxylic acids is 2. The summed E-state index contributed by atoms with van der Waals surface area (Å²) in [5.41, 5.74) is 3.49. The van der Waals surface area contributed by atoms with Crippen molar-refractivity contribution in [3.8, 4) is 0 Å². The quantitative estimate of drug-likeness (QED) is 0.335. The highest BCUT2D eigenvalue weighted by Crippen LogP contribution is 2.27. The van der Waals surface area contributed by atoms with E-state index in [1.165, 1.54) is 4.90 Å². The molecule has 0 unspecified atom stereocenters. The number of hydrogen-bond donors (Lipinski definition) is 1. The zero-order valence-corrected chi connectivity index (χ0v) is 24.8. The van der Waals surface area contributed by atoms with Gasteiger partial charge < -0.3 is 10.2 Å². The zero-order valence-electron chi connectivity index (χ0n) is 22.4. The number of amides is 2. The van der Waals surface area contributed by atoms with E-state index in [4.69, 9.17) is 23.2 Å². The van der Waals surface area contributed by atoms with Crippen molar-refractivity contribution in [2.45, 2.75) is 39.8 Å². The molecule has 7 nitrogen and oxygen atoms in total. The van der Waals surface area contributed by atoms with Gasteiger partial charge in [-0.3, -0.25) is 13.9 Å². The van der Waals surface area contributed by atoms with Crippen molar-refractivity contribution >= 4 is 50.7 Å². The van der Waals surface area contributed by atoms with Crippen LogP contribution in [0.25, 0.3) is 0 Å². The van der Waals surface area contributed by atoms with Crippen molar-refractivity contribution in [2.75, 3.05) is 23.7 Å². The highest BCUT2D eigenvalue weighted by molar-refractivity contribution is 7.92. The van der Waals surface area contributed by atoms with E-state index < -0.39 is 28.5 Å². The molecule has 0 radical (unpaired) electrons. The minimum absolute atomic E-state index is 0.0226. The molecule has 3 aromatic carbocycles. The van der Waals surface area contributed by atoms with Gasteiger partial charge in [0.25, 0.3) is 0 Å². The lowest BCUT2D eigenvalue weighted by atomic mass is 10.0. The Morgan fingerprint density at radius 2 is 1.62 bits per heavy atom. The van der Waals surface area contributed by atoms with Crippen molar-refractivity contribution in [1.82, 2.24) is 10.2 Å². The summed E-state index contributed by atoms with van der Waals surface area (Å²) in [4.78, 5) is 28.8. The number of anilines is 1. The smallest absolute Gasteiger partial charge is 0.244 e. The van der Waals surface area contributed by atoms with Crippen LogP contribution in [0.3, 0.4) is 0 Å². The monoisotopic (exact) mass is 589 g/mol. The van der Waals surface area contributed by atoms with Gasteiger partial charge in [0.05, 0.1) is 22.0 Å². The Bertz CT molecular complexity index is 1430. The second-order valence-corrected chi connectivity index (χ2v) is 12.2. The average Bonchev–Trinajstić information content (AvgIpc) is 2.88. The molecule has 0 aliphatic heterocycles. The van der Waals surface area contributed by atoms with Gasteiger partial charge in [-0.15, -0.1) is 0 Å². The van der Waals surface area contributed by atoms with Crippen molar-refractivity contribution in [3.05, 3.63) is 99.0 Å². The average molecular weight is 591 g/mol. The highest BCUT2D eigenvalue weighted by atomic mass is 35.5. The zero-order chi connectivity index (χ0) is 28.7. The van der Waals surface area contributed by atoms with E-state index in [9.17, 15) is 18.0 Å². The first-order chi connectivity index (χ1) is 18.4. The SMILES string of the molecule is CCNC(=O)[C@H](Cc1ccccc1)N(Cc1ccc(Cl)c(Cl)c1)C(=O)CN(c1cc(C)ccc1C)S(C)(=O)=O. The van der Waals surface area contributed by atoms with Crippen LogP contribution < -0.4 is 9.62 Å². The molecule has 2 amide bonds. The molecule has 0 heterocycles. The fourth-order valence-electron chi connectivity index (χ4n) is 4.26. The number of hydrogen-bond acceptors (Lipinski definition) is 4. The fraction of sp³-hybridized carbons (Fsp3) is 0.310. The lowest BCUT2D eigenvalue weighted by Gasteiger charge is -2.34. The fourth-order valence-corrected chi connectivity index (χ4v) is 5.48. The number of halogens is 2. The second kappa shape index (κ2) is 13.3. The summed E-state index contributed by atoms with van der Waals surface area (Å²) >= 11 is 12.4. The number of likely N-dealkylation sites (N-methyl/N-ethyl adjacent to an activating group) is 1. The summed E-state index contributed by atoms with van der Waals surface area (Å²) in [6.07, 6.45) is 1.30. The molecular weight excluding hydrogens is 557 g/mol. The third-order valence-corrected chi connectivity index (χ3v) is 8.14. The summed E-state index contributed by atoms with van der Waals surface area (Å²) in [7, 11) is -3.84. The molecule has 0 aliphatic carbocycles. The van der Waals surface area contributed by atoms with Gasteiger partial charge >= 0.3 is 0 Å². The van der Waals surface area contributed by atoms with Crippen LogP contribution in [-0.2, 0) is 32.6 Å². The van der Waals surface area contributed by atoms with E-state index in [1.807, 2.05) is 49.4 Å². The third kappa shape index (κ3) is 8.21. The first-order valence-electron chi connectivity index (χ1n) is 12.5. The number of nitrogens with one attached hydrogen (secondary N) is 1. The lowest BCUT2D eigenvalue weighted by molar-refractivity contribution is -0.140. The summed E-state index contributed by atoms with van der Waals surface area (Å²) in [5.74, 6) is -0.869. The van der Waals surface area contributed by atoms with Gasteiger partial charge in [0.1, 0.15) is 12.6 Å². The Morgan fingerprint density at radius 1 is 0.923 bits per heavy atom. The van der Waals surface area contributed by atoms with Gasteiger partial charge in [0.2, 0.25) is 21.8 Å². The van der Waals surface area contributed by atoms with Crippen LogP contribution in [0.4, 0.5) is 5.69 Å². The van der Waals surface area contributed by atoms with Crippen molar-refractivity contribution in [3.63, 3.8) is 0 Å². The number of aryl methyl sites for hydroxylation is 2. The van der Waals surface area contributed by atoms with Gasteiger partial charge in [-0.1, -0.05) is 71.7 Å². The van der Waals surface area contributed by atoms with Crippen molar-refractivity contribution in [1.29, 1.82) is 0 Å². The minimum atomic E-state index is -3.84. The van der Waals surface area contributed by atoms with Crippen LogP contribution in [0.5, 0.6) is 0 Å². The summed E-state index contributed by atoms with van der Waals surface area (Å²) in [6.45, 7) is 5.36. The minimum Gasteiger partial charge on any atom is -0.355 e. The van der Waals surface area contributed by atoms with Crippen LogP contribution in [-0.4, -0.2) is 50.5 Å². The van der Waals surface area contributed by atoms with Crippen LogP contribution in [0.2, 0.25) is 10.0 Å². The number of carbonyl (C=O) groups is 2. The predicted octanol–water partition coefficient (Wildman–Crippen LogP) is 5.15. The molecule has 208 valence electrons. The molecule has 0 fully saturated rings. The largest absolute Gasteiger partial charge is 0.355 e. The van der Waals surface area contributed by atoms with Crippen LogP contribution in [0.1, 0.15) is 29.2 Å². The molecule has 3 rings (SSSR count). The number of sulfonamides is 1. The van der Waals surface area contributed by atoms with Crippen LogP contribution in [0, 0.1) is 13.8 Å². The highest BCUT2D eigenvalue weighted by Gasteiger charge is 2.33. The topological polar surface area (TPSA) is 86.8 Å². The van der Waals surface area contributed by atoms with Crippen molar-refractivity contribution in [2.24, 2.45) is 0 Å². The molecule has 39 heavy (non-hydrogen) atoms. The molecule has 0 bridgehead atoms. The molecule has 0 aromatic heterocycles. The number of rotatable bonds is 11. The van der Waals surface area contributed by atoms with Gasteiger partial charge in [0.15, 0.2) is 0 Å². The maximum absolute atomic E-state index is 14.0. The summed E-state index contributed by atoms with van der Waals surface area (Å²) in [5, 5.41) is 3.50. The normalized spacial score (nSPS) is 12.1. The van der Waals surface area contributed by atoms with E-state index in [2.05, 4.69) is 5.32 Å². The Balaban J connectivity index is 2.08. The first-order valence-corrected chi connectivity index (χ1v) is 15.1. The first kappa shape index (κ1) is 30.5. The van der Waals surface area contributed by atoms with Gasteiger partial charge in [0, 0.05) is 19.5 Å². The Kier molecular flexibility index (Phi) is 10.4. The maximum Gasteiger partial charge on any atom is 0.244 e. The lowest BCUT2D eigenvalue weighted by Crippen LogP contribution is -2.53. The summed E-state index contributed by atoms with van der Waals surface area (Å²) in [6, 6.07) is 18.9. The molecule has 0 saturated heterocycles. The summed E-state index contributed by atoms with van der Waals surface area (Å²) < 4.78 is 27.0. The molecule has 0 spiro atoms. The number of nitrogens with zero attached hydrogens (tertiary/aromatic N) is 2. The standard InChI is InChI=1S/C29H33Cl2N3O4S/c1-5-32-29(36)27(17-22-9-7-6-8-10-22)33(18-23-13-14-24(30)25(31)16-23)28(35)19-34(39(4,37)38)26-15-20(2)11-12-21(26)3/h6-16,27H,5,17-19H2,1-4H3,(H,32,36)/t27-/m0/s1. The van der Waals surface area contributed by atoms with E-state index in [1.54, 1.807) is 38.1 Å². The Labute approximate surface area is 240 Å². The molecular formula is C29H33Cl2N3O4S. The van der Waals surface area contributed by atoms with E-state index >= 15 is 0 Å². The Morgan fingerprint density at radius 3 is 2.23 bits per heavy atom. The van der Waals surface area contributed by atoms with E-state index in [0.717, 1.165) is 21.7 Å². The molecule has 3 aromatic rings. The van der Waals surface area contributed by atoms with Gasteiger partial charge in [-0.05, 0) is 61.2 Å². The number of benzene rings is 3. The second-order valence-electron chi connectivity index (χ2n) is 9.43. The van der Waals surface area contributed by atoms with Gasteiger partial charge in [-0.25, -0.2) is 8.42 Å². The van der Waals surface area contributed by atoms with Crippen molar-refractivity contribution < 1.29 is 18.0 Å². The molecule has 0 aliphatic rings. The van der Waals surface area contributed by atoms with Gasteiger partial charge in [-0.2, -0.15) is 0 Å². The molecule has 0 saturated carbocycles. The van der Waals surface area contributed by atoms with E-state index in [-0.39, 0.29) is 18.9 Å². The molecule has 1 atom stereocenters. The predicted molar refractivity (Wildman–Crippen MR) is 158 cm³/mol.